The third kappa shape index (κ3) is 2.70. The number of nitrogens with two attached hydrogens (primary N) is 1. The standard InChI is InChI=1S/C15H17ClN2S/c16-15-6-5-14(19-15)13(9-17)18-8-7-11-3-1-2-4-12(11)10-18/h1-6,13H,7-10,17H2. The molecule has 2 heterocycles. The second-order valence-electron chi connectivity index (χ2n) is 4.88. The first-order chi connectivity index (χ1) is 9.28. The molecule has 4 heteroatoms. The first kappa shape index (κ1) is 13.1. The van der Waals surface area contributed by atoms with Crippen molar-refractivity contribution in [3.63, 3.8) is 0 Å². The van der Waals surface area contributed by atoms with Gasteiger partial charge in [0, 0.05) is 24.5 Å². The van der Waals surface area contributed by atoms with Crippen molar-refractivity contribution in [2.45, 2.75) is 19.0 Å². The van der Waals surface area contributed by atoms with Crippen LogP contribution in [0.5, 0.6) is 0 Å². The molecular weight excluding hydrogens is 276 g/mol. The van der Waals surface area contributed by atoms with E-state index < -0.39 is 0 Å². The Hall–Kier alpha value is -0.870. The Morgan fingerprint density at radius 3 is 2.68 bits per heavy atom. The molecule has 0 amide bonds. The third-order valence-electron chi connectivity index (χ3n) is 3.75. The first-order valence-corrected chi connectivity index (χ1v) is 7.73. The lowest BCUT2D eigenvalue weighted by atomic mass is 9.98. The molecule has 1 unspecified atom stereocenters. The maximum Gasteiger partial charge on any atom is 0.0931 e. The maximum atomic E-state index is 6.04. The number of benzene rings is 1. The lowest BCUT2D eigenvalue weighted by Gasteiger charge is -2.34. The number of halogens is 1. The molecule has 1 aliphatic rings. The summed E-state index contributed by atoms with van der Waals surface area (Å²) in [5, 5.41) is 0. The number of hydrogen-bond donors (Lipinski definition) is 1. The Balaban J connectivity index is 1.83. The monoisotopic (exact) mass is 292 g/mol. The van der Waals surface area contributed by atoms with Crippen molar-refractivity contribution in [1.29, 1.82) is 0 Å². The molecule has 0 fully saturated rings. The van der Waals surface area contributed by atoms with Crippen LogP contribution in [0.1, 0.15) is 22.0 Å². The lowest BCUT2D eigenvalue weighted by Crippen LogP contribution is -2.37. The molecule has 1 aliphatic heterocycles. The summed E-state index contributed by atoms with van der Waals surface area (Å²) in [5.41, 5.74) is 8.88. The van der Waals surface area contributed by atoms with Crippen LogP contribution in [0.15, 0.2) is 36.4 Å². The van der Waals surface area contributed by atoms with Crippen molar-refractivity contribution >= 4 is 22.9 Å². The van der Waals surface area contributed by atoms with Crippen LogP contribution in [0.3, 0.4) is 0 Å². The minimum atomic E-state index is 0.283. The van der Waals surface area contributed by atoms with Gasteiger partial charge in [0.05, 0.1) is 10.4 Å². The van der Waals surface area contributed by atoms with Gasteiger partial charge in [-0.3, -0.25) is 4.90 Å². The quantitative estimate of drug-likeness (QED) is 0.939. The SMILES string of the molecule is NCC(c1ccc(Cl)s1)N1CCc2ccccc2C1. The van der Waals surface area contributed by atoms with Gasteiger partial charge < -0.3 is 5.73 Å². The van der Waals surface area contributed by atoms with Crippen LogP contribution in [0.25, 0.3) is 0 Å². The molecule has 0 spiro atoms. The zero-order valence-electron chi connectivity index (χ0n) is 10.7. The van der Waals surface area contributed by atoms with E-state index in [2.05, 4.69) is 35.2 Å². The normalized spacial score (nSPS) is 17.2. The topological polar surface area (TPSA) is 29.3 Å². The molecule has 1 aromatic carbocycles. The van der Waals surface area contributed by atoms with E-state index in [1.807, 2.05) is 6.07 Å². The fraction of sp³-hybridized carbons (Fsp3) is 0.333. The van der Waals surface area contributed by atoms with Gasteiger partial charge in [-0.15, -0.1) is 11.3 Å². The summed E-state index contributed by atoms with van der Waals surface area (Å²) < 4.78 is 0.839. The van der Waals surface area contributed by atoms with Crippen molar-refractivity contribution in [2.75, 3.05) is 13.1 Å². The highest BCUT2D eigenvalue weighted by Crippen LogP contribution is 2.32. The van der Waals surface area contributed by atoms with Crippen molar-refractivity contribution in [1.82, 2.24) is 4.90 Å². The van der Waals surface area contributed by atoms with Crippen molar-refractivity contribution in [2.24, 2.45) is 5.73 Å². The molecule has 0 bridgehead atoms. The second-order valence-corrected chi connectivity index (χ2v) is 6.63. The smallest absolute Gasteiger partial charge is 0.0931 e. The highest BCUT2D eigenvalue weighted by Gasteiger charge is 2.24. The van der Waals surface area contributed by atoms with Crippen molar-refractivity contribution in [3.8, 4) is 0 Å². The maximum absolute atomic E-state index is 6.04. The van der Waals surface area contributed by atoms with Gasteiger partial charge in [0.15, 0.2) is 0 Å². The molecule has 2 N–H and O–H groups in total. The molecule has 0 saturated heterocycles. The van der Waals surface area contributed by atoms with Gasteiger partial charge in [-0.25, -0.2) is 0 Å². The van der Waals surface area contributed by atoms with Gasteiger partial charge in [-0.2, -0.15) is 0 Å². The van der Waals surface area contributed by atoms with Gasteiger partial charge in [0.1, 0.15) is 0 Å². The Kier molecular flexibility index (Phi) is 3.89. The van der Waals surface area contributed by atoms with Crippen LogP contribution < -0.4 is 5.73 Å². The number of nitrogens with zero attached hydrogens (tertiary/aromatic N) is 1. The van der Waals surface area contributed by atoms with E-state index in [9.17, 15) is 0 Å². The molecule has 0 saturated carbocycles. The number of thiophene rings is 1. The molecule has 0 radical (unpaired) electrons. The number of hydrogen-bond acceptors (Lipinski definition) is 3. The van der Waals surface area contributed by atoms with Gasteiger partial charge >= 0.3 is 0 Å². The lowest BCUT2D eigenvalue weighted by molar-refractivity contribution is 0.186. The molecule has 1 aromatic heterocycles. The Labute approximate surface area is 122 Å². The van der Waals surface area contributed by atoms with Crippen LogP contribution in [-0.2, 0) is 13.0 Å². The third-order valence-corrected chi connectivity index (χ3v) is 5.08. The summed E-state index contributed by atoms with van der Waals surface area (Å²) in [5.74, 6) is 0. The van der Waals surface area contributed by atoms with Crippen molar-refractivity contribution < 1.29 is 0 Å². The second kappa shape index (κ2) is 5.63. The Morgan fingerprint density at radius 1 is 1.21 bits per heavy atom. The molecule has 19 heavy (non-hydrogen) atoms. The van der Waals surface area contributed by atoms with Crippen LogP contribution in [0.2, 0.25) is 4.34 Å². The van der Waals surface area contributed by atoms with Crippen LogP contribution in [0.4, 0.5) is 0 Å². The van der Waals surface area contributed by atoms with Crippen molar-refractivity contribution in [3.05, 3.63) is 56.7 Å². The summed E-state index contributed by atoms with van der Waals surface area (Å²) in [4.78, 5) is 3.73. The van der Waals surface area contributed by atoms with E-state index >= 15 is 0 Å². The average molecular weight is 293 g/mol. The highest BCUT2D eigenvalue weighted by atomic mass is 35.5. The first-order valence-electron chi connectivity index (χ1n) is 6.54. The zero-order valence-corrected chi connectivity index (χ0v) is 12.3. The molecule has 2 aromatic rings. The van der Waals surface area contributed by atoms with E-state index in [-0.39, 0.29) is 6.04 Å². The molecule has 1 atom stereocenters. The predicted molar refractivity (Wildman–Crippen MR) is 81.7 cm³/mol. The van der Waals surface area contributed by atoms with E-state index in [0.717, 1.165) is 23.8 Å². The molecule has 2 nitrogen and oxygen atoms in total. The highest BCUT2D eigenvalue weighted by molar-refractivity contribution is 7.16. The van der Waals surface area contributed by atoms with Crippen LogP contribution >= 0.6 is 22.9 Å². The molecule has 100 valence electrons. The minimum Gasteiger partial charge on any atom is -0.329 e. The molecular formula is C15H17ClN2S. The van der Waals surface area contributed by atoms with Gasteiger partial charge in [-0.1, -0.05) is 35.9 Å². The number of rotatable bonds is 3. The fourth-order valence-corrected chi connectivity index (χ4v) is 3.95. The summed E-state index contributed by atoms with van der Waals surface area (Å²) in [7, 11) is 0. The van der Waals surface area contributed by atoms with E-state index in [0.29, 0.717) is 6.54 Å². The summed E-state index contributed by atoms with van der Waals surface area (Å²) in [6.45, 7) is 2.68. The largest absolute Gasteiger partial charge is 0.329 e. The summed E-state index contributed by atoms with van der Waals surface area (Å²) in [6.07, 6.45) is 1.10. The van der Waals surface area contributed by atoms with E-state index in [1.54, 1.807) is 11.3 Å². The Morgan fingerprint density at radius 2 is 2.00 bits per heavy atom. The van der Waals surface area contributed by atoms with Gasteiger partial charge in [0.2, 0.25) is 0 Å². The zero-order chi connectivity index (χ0) is 13.2. The summed E-state index contributed by atoms with van der Waals surface area (Å²) in [6, 6.07) is 13.0. The van der Waals surface area contributed by atoms with Gasteiger partial charge in [-0.05, 0) is 29.7 Å². The molecule has 0 aliphatic carbocycles. The Bertz CT molecular complexity index is 567. The van der Waals surface area contributed by atoms with Crippen LogP contribution in [0, 0.1) is 0 Å². The molecule has 3 rings (SSSR count). The van der Waals surface area contributed by atoms with E-state index in [4.69, 9.17) is 17.3 Å². The van der Waals surface area contributed by atoms with E-state index in [1.165, 1.54) is 16.0 Å². The summed E-state index contributed by atoms with van der Waals surface area (Å²) >= 11 is 7.68. The van der Waals surface area contributed by atoms with Crippen LogP contribution in [-0.4, -0.2) is 18.0 Å². The average Bonchev–Trinajstić information content (AvgIpc) is 2.86. The predicted octanol–water partition coefficient (Wildman–Crippen LogP) is 3.46. The van der Waals surface area contributed by atoms with Gasteiger partial charge in [0.25, 0.3) is 0 Å². The minimum absolute atomic E-state index is 0.283. The fourth-order valence-electron chi connectivity index (χ4n) is 2.74. The number of fused-ring (bicyclic) bond motifs is 1.